The van der Waals surface area contributed by atoms with Crippen LogP contribution >= 0.6 is 0 Å². The van der Waals surface area contributed by atoms with Crippen LogP contribution in [0.5, 0.6) is 11.5 Å². The van der Waals surface area contributed by atoms with E-state index in [1.54, 1.807) is 0 Å². The van der Waals surface area contributed by atoms with Gasteiger partial charge in [0, 0.05) is 12.7 Å². The molecule has 0 unspecified atom stereocenters. The van der Waals surface area contributed by atoms with Crippen molar-refractivity contribution in [2.45, 2.75) is 27.0 Å². The standard InChI is InChI=1S/C17H22N2O2/c1-3-18-11-14-5-6-15(19-12-14)13-21-17-9-7-16(8-10-17)20-4-2/h5-10,12,18H,3-4,11,13H2,1-2H3. The second-order valence-corrected chi connectivity index (χ2v) is 4.63. The third-order valence-electron chi connectivity index (χ3n) is 2.99. The van der Waals surface area contributed by atoms with Gasteiger partial charge in [-0.25, -0.2) is 0 Å². The fourth-order valence-electron chi connectivity index (χ4n) is 1.87. The van der Waals surface area contributed by atoms with E-state index in [9.17, 15) is 0 Å². The number of nitrogens with one attached hydrogen (secondary N) is 1. The van der Waals surface area contributed by atoms with Gasteiger partial charge in [-0.15, -0.1) is 0 Å². The molecular weight excluding hydrogens is 264 g/mol. The van der Waals surface area contributed by atoms with Crippen LogP contribution in [0.15, 0.2) is 42.6 Å². The summed E-state index contributed by atoms with van der Waals surface area (Å²) in [6.07, 6.45) is 1.89. The molecule has 21 heavy (non-hydrogen) atoms. The van der Waals surface area contributed by atoms with Gasteiger partial charge >= 0.3 is 0 Å². The van der Waals surface area contributed by atoms with Crippen molar-refractivity contribution in [1.82, 2.24) is 10.3 Å². The SMILES string of the molecule is CCNCc1ccc(COc2ccc(OCC)cc2)nc1. The normalized spacial score (nSPS) is 10.4. The van der Waals surface area contributed by atoms with Crippen LogP contribution in [0, 0.1) is 0 Å². The lowest BCUT2D eigenvalue weighted by molar-refractivity contribution is 0.299. The number of nitrogens with zero attached hydrogens (tertiary/aromatic N) is 1. The maximum absolute atomic E-state index is 5.71. The smallest absolute Gasteiger partial charge is 0.130 e. The summed E-state index contributed by atoms with van der Waals surface area (Å²) in [5, 5.41) is 3.27. The Kier molecular flexibility index (Phi) is 6.03. The third kappa shape index (κ3) is 5.08. The molecule has 0 aliphatic heterocycles. The first-order valence-corrected chi connectivity index (χ1v) is 7.32. The molecule has 2 rings (SSSR count). The van der Waals surface area contributed by atoms with Crippen LogP contribution < -0.4 is 14.8 Å². The van der Waals surface area contributed by atoms with E-state index in [4.69, 9.17) is 9.47 Å². The lowest BCUT2D eigenvalue weighted by atomic mass is 10.2. The highest BCUT2D eigenvalue weighted by atomic mass is 16.5. The van der Waals surface area contributed by atoms with Gasteiger partial charge in [0.1, 0.15) is 18.1 Å². The molecule has 112 valence electrons. The minimum absolute atomic E-state index is 0.468. The Bertz CT molecular complexity index is 523. The van der Waals surface area contributed by atoms with Gasteiger partial charge in [0.05, 0.1) is 12.3 Å². The highest BCUT2D eigenvalue weighted by Crippen LogP contribution is 2.18. The van der Waals surface area contributed by atoms with E-state index < -0.39 is 0 Å². The molecule has 0 spiro atoms. The number of benzene rings is 1. The summed E-state index contributed by atoms with van der Waals surface area (Å²) in [6, 6.07) is 11.7. The van der Waals surface area contributed by atoms with Crippen molar-refractivity contribution in [2.24, 2.45) is 0 Å². The number of pyridine rings is 1. The van der Waals surface area contributed by atoms with Gasteiger partial charge < -0.3 is 14.8 Å². The first kappa shape index (κ1) is 15.3. The number of rotatable bonds is 8. The van der Waals surface area contributed by atoms with Gasteiger partial charge in [-0.05, 0) is 49.4 Å². The Morgan fingerprint density at radius 3 is 2.24 bits per heavy atom. The minimum atomic E-state index is 0.468. The summed E-state index contributed by atoms with van der Waals surface area (Å²) in [5.41, 5.74) is 2.10. The number of aromatic nitrogens is 1. The van der Waals surface area contributed by atoms with Crippen molar-refractivity contribution in [1.29, 1.82) is 0 Å². The van der Waals surface area contributed by atoms with E-state index in [0.717, 1.165) is 30.3 Å². The second kappa shape index (κ2) is 8.27. The molecule has 2 aromatic rings. The van der Waals surface area contributed by atoms with Crippen molar-refractivity contribution in [3.05, 3.63) is 53.9 Å². The molecule has 0 atom stereocenters. The summed E-state index contributed by atoms with van der Waals surface area (Å²) in [7, 11) is 0. The maximum atomic E-state index is 5.71. The molecule has 0 saturated heterocycles. The Morgan fingerprint density at radius 2 is 1.67 bits per heavy atom. The highest BCUT2D eigenvalue weighted by molar-refractivity contribution is 5.31. The van der Waals surface area contributed by atoms with E-state index in [-0.39, 0.29) is 0 Å². The van der Waals surface area contributed by atoms with Crippen LogP contribution in [-0.2, 0) is 13.2 Å². The first-order chi connectivity index (χ1) is 10.3. The molecule has 0 amide bonds. The summed E-state index contributed by atoms with van der Waals surface area (Å²) in [4.78, 5) is 4.40. The van der Waals surface area contributed by atoms with E-state index in [0.29, 0.717) is 13.2 Å². The molecule has 0 aliphatic carbocycles. The fraction of sp³-hybridized carbons (Fsp3) is 0.353. The van der Waals surface area contributed by atoms with E-state index >= 15 is 0 Å². The van der Waals surface area contributed by atoms with E-state index in [1.807, 2.05) is 43.5 Å². The molecule has 0 aliphatic rings. The number of hydrogen-bond acceptors (Lipinski definition) is 4. The maximum Gasteiger partial charge on any atom is 0.130 e. The molecule has 1 heterocycles. The molecule has 0 saturated carbocycles. The monoisotopic (exact) mass is 286 g/mol. The van der Waals surface area contributed by atoms with Gasteiger partial charge in [-0.2, -0.15) is 0 Å². The summed E-state index contributed by atoms with van der Waals surface area (Å²) < 4.78 is 11.1. The Labute approximate surface area is 126 Å². The number of ether oxygens (including phenoxy) is 2. The molecule has 0 bridgehead atoms. The average molecular weight is 286 g/mol. The van der Waals surface area contributed by atoms with Gasteiger partial charge in [0.15, 0.2) is 0 Å². The van der Waals surface area contributed by atoms with Gasteiger partial charge in [0.25, 0.3) is 0 Å². The summed E-state index contributed by atoms with van der Waals surface area (Å²) in [6.45, 7) is 7.01. The topological polar surface area (TPSA) is 43.4 Å². The zero-order chi connectivity index (χ0) is 14.9. The summed E-state index contributed by atoms with van der Waals surface area (Å²) in [5.74, 6) is 1.67. The molecule has 1 aromatic carbocycles. The van der Waals surface area contributed by atoms with E-state index in [2.05, 4.69) is 23.3 Å². The molecule has 0 fully saturated rings. The van der Waals surface area contributed by atoms with Crippen LogP contribution in [-0.4, -0.2) is 18.1 Å². The molecular formula is C17H22N2O2. The van der Waals surface area contributed by atoms with Gasteiger partial charge in [-0.1, -0.05) is 13.0 Å². The average Bonchev–Trinajstić information content (AvgIpc) is 2.53. The Morgan fingerprint density at radius 1 is 0.952 bits per heavy atom. The lowest BCUT2D eigenvalue weighted by Gasteiger charge is -2.08. The van der Waals surface area contributed by atoms with Crippen molar-refractivity contribution >= 4 is 0 Å². The van der Waals surface area contributed by atoms with Crippen LogP contribution in [0.2, 0.25) is 0 Å². The van der Waals surface area contributed by atoms with Crippen LogP contribution in [0.3, 0.4) is 0 Å². The predicted octanol–water partition coefficient (Wildman–Crippen LogP) is 3.17. The van der Waals surface area contributed by atoms with Crippen molar-refractivity contribution < 1.29 is 9.47 Å². The zero-order valence-corrected chi connectivity index (χ0v) is 12.6. The van der Waals surface area contributed by atoms with Crippen LogP contribution in [0.25, 0.3) is 0 Å². The molecule has 4 heteroatoms. The minimum Gasteiger partial charge on any atom is -0.494 e. The molecule has 1 N–H and O–H groups in total. The van der Waals surface area contributed by atoms with Gasteiger partial charge in [-0.3, -0.25) is 4.98 Å². The Hall–Kier alpha value is -2.07. The highest BCUT2D eigenvalue weighted by Gasteiger charge is 1.99. The molecule has 1 aromatic heterocycles. The molecule has 0 radical (unpaired) electrons. The van der Waals surface area contributed by atoms with Crippen molar-refractivity contribution in [3.8, 4) is 11.5 Å². The quantitative estimate of drug-likeness (QED) is 0.809. The van der Waals surface area contributed by atoms with Gasteiger partial charge in [0.2, 0.25) is 0 Å². The zero-order valence-electron chi connectivity index (χ0n) is 12.6. The van der Waals surface area contributed by atoms with E-state index in [1.165, 1.54) is 5.56 Å². The van der Waals surface area contributed by atoms with Crippen molar-refractivity contribution in [2.75, 3.05) is 13.2 Å². The Balaban J connectivity index is 1.84. The second-order valence-electron chi connectivity index (χ2n) is 4.63. The van der Waals surface area contributed by atoms with Crippen LogP contribution in [0.4, 0.5) is 0 Å². The van der Waals surface area contributed by atoms with Crippen LogP contribution in [0.1, 0.15) is 25.1 Å². The van der Waals surface area contributed by atoms with Crippen molar-refractivity contribution in [3.63, 3.8) is 0 Å². The first-order valence-electron chi connectivity index (χ1n) is 7.32. The molecule has 4 nitrogen and oxygen atoms in total. The third-order valence-corrected chi connectivity index (χ3v) is 2.99. The number of hydrogen-bond donors (Lipinski definition) is 1. The lowest BCUT2D eigenvalue weighted by Crippen LogP contribution is -2.12. The predicted molar refractivity (Wildman–Crippen MR) is 83.6 cm³/mol. The fourth-order valence-corrected chi connectivity index (χ4v) is 1.87. The summed E-state index contributed by atoms with van der Waals surface area (Å²) >= 11 is 0. The largest absolute Gasteiger partial charge is 0.494 e.